The quantitative estimate of drug-likeness (QED) is 0.638. The lowest BCUT2D eigenvalue weighted by molar-refractivity contribution is 0.311. The third-order valence-corrected chi connectivity index (χ3v) is 4.67. The number of likely N-dealkylation sites (N-methyl/N-ethyl adjacent to an activating group) is 1. The highest BCUT2D eigenvalue weighted by atomic mass is 32.2. The van der Waals surface area contributed by atoms with Crippen LogP contribution in [-0.2, 0) is 12.8 Å². The van der Waals surface area contributed by atoms with Crippen LogP contribution in [0.2, 0.25) is 0 Å². The topological polar surface area (TPSA) is 44.3 Å². The van der Waals surface area contributed by atoms with E-state index in [1.165, 1.54) is 17.1 Å². The van der Waals surface area contributed by atoms with E-state index in [4.69, 9.17) is 9.97 Å². The van der Waals surface area contributed by atoms with Gasteiger partial charge in [-0.2, -0.15) is 0 Å². The van der Waals surface area contributed by atoms with Gasteiger partial charge in [0.25, 0.3) is 0 Å². The van der Waals surface area contributed by atoms with Crippen LogP contribution in [0.15, 0.2) is 5.16 Å². The third-order valence-electron chi connectivity index (χ3n) is 4.13. The largest absolute Gasteiger partial charge is 0.354 e. The summed E-state index contributed by atoms with van der Waals surface area (Å²) in [4.78, 5) is 14.4. The monoisotopic (exact) mass is 293 g/mol. The van der Waals surface area contributed by atoms with Gasteiger partial charge < -0.3 is 15.1 Å². The molecule has 5 nitrogen and oxygen atoms in total. The van der Waals surface area contributed by atoms with Crippen LogP contribution in [0.5, 0.6) is 0 Å². The first-order valence-electron chi connectivity index (χ1n) is 7.36. The highest BCUT2D eigenvalue weighted by molar-refractivity contribution is 7.98. The Hall–Kier alpha value is -0.850. The minimum absolute atomic E-state index is 0.916. The summed E-state index contributed by atoms with van der Waals surface area (Å²) in [5.74, 6) is 1.19. The van der Waals surface area contributed by atoms with Crippen molar-refractivity contribution in [3.05, 3.63) is 11.3 Å². The van der Waals surface area contributed by atoms with E-state index in [1.54, 1.807) is 11.8 Å². The SMILES string of the molecule is CSc1nc2c(c(N3CCN(C)CC3)n1)CCNCC2. The molecule has 2 aliphatic rings. The molecule has 0 amide bonds. The van der Waals surface area contributed by atoms with Crippen LogP contribution in [0.4, 0.5) is 5.82 Å². The number of piperazine rings is 1. The van der Waals surface area contributed by atoms with Gasteiger partial charge in [0.05, 0.1) is 5.69 Å². The first kappa shape index (κ1) is 14.1. The van der Waals surface area contributed by atoms with Crippen LogP contribution < -0.4 is 10.2 Å². The van der Waals surface area contributed by atoms with Crippen molar-refractivity contribution < 1.29 is 0 Å². The Kier molecular flexibility index (Phi) is 4.43. The van der Waals surface area contributed by atoms with Crippen molar-refractivity contribution in [2.75, 3.05) is 57.5 Å². The smallest absolute Gasteiger partial charge is 0.189 e. The van der Waals surface area contributed by atoms with Crippen LogP contribution in [0.3, 0.4) is 0 Å². The van der Waals surface area contributed by atoms with Crippen molar-refractivity contribution >= 4 is 17.6 Å². The summed E-state index contributed by atoms with van der Waals surface area (Å²) in [6, 6.07) is 0. The summed E-state index contributed by atoms with van der Waals surface area (Å²) in [6.45, 7) is 6.44. The molecule has 0 atom stereocenters. The fourth-order valence-corrected chi connectivity index (χ4v) is 3.25. The molecule has 1 fully saturated rings. The maximum absolute atomic E-state index is 4.83. The molecule has 1 aromatic rings. The number of nitrogens with one attached hydrogen (secondary N) is 1. The van der Waals surface area contributed by atoms with E-state index in [9.17, 15) is 0 Å². The Morgan fingerprint density at radius 3 is 2.55 bits per heavy atom. The van der Waals surface area contributed by atoms with Gasteiger partial charge in [0, 0.05) is 44.7 Å². The van der Waals surface area contributed by atoms with Crippen molar-refractivity contribution in [2.24, 2.45) is 0 Å². The van der Waals surface area contributed by atoms with E-state index in [1.807, 2.05) is 0 Å². The lowest BCUT2D eigenvalue weighted by Gasteiger charge is -2.34. The summed E-state index contributed by atoms with van der Waals surface area (Å²) in [5, 5.41) is 4.38. The molecule has 0 aromatic carbocycles. The highest BCUT2D eigenvalue weighted by Gasteiger charge is 2.23. The number of rotatable bonds is 2. The first-order chi connectivity index (χ1) is 9.78. The Morgan fingerprint density at radius 1 is 1.05 bits per heavy atom. The average Bonchev–Trinajstić information content (AvgIpc) is 2.72. The molecular formula is C14H23N5S. The summed E-state index contributed by atoms with van der Waals surface area (Å²) < 4.78 is 0. The Bertz CT molecular complexity index is 471. The lowest BCUT2D eigenvalue weighted by atomic mass is 10.1. The molecule has 0 radical (unpaired) electrons. The predicted octanol–water partition coefficient (Wildman–Crippen LogP) is 0.638. The molecule has 1 saturated heterocycles. The molecule has 0 saturated carbocycles. The number of fused-ring (bicyclic) bond motifs is 1. The van der Waals surface area contributed by atoms with Crippen LogP contribution in [0, 0.1) is 0 Å². The molecule has 110 valence electrons. The Balaban J connectivity index is 1.95. The van der Waals surface area contributed by atoms with E-state index >= 15 is 0 Å². The number of anilines is 1. The van der Waals surface area contributed by atoms with Gasteiger partial charge in [0.2, 0.25) is 0 Å². The lowest BCUT2D eigenvalue weighted by Crippen LogP contribution is -2.45. The second-order valence-electron chi connectivity index (χ2n) is 5.50. The van der Waals surface area contributed by atoms with E-state index < -0.39 is 0 Å². The van der Waals surface area contributed by atoms with Crippen LogP contribution in [-0.4, -0.2) is 67.4 Å². The number of nitrogens with zero attached hydrogens (tertiary/aromatic N) is 4. The molecular weight excluding hydrogens is 270 g/mol. The van der Waals surface area contributed by atoms with Crippen LogP contribution in [0.1, 0.15) is 11.3 Å². The van der Waals surface area contributed by atoms with Gasteiger partial charge >= 0.3 is 0 Å². The standard InChI is InChI=1S/C14H23N5S/c1-18-7-9-19(10-8-18)13-11-3-5-15-6-4-12(11)16-14(17-13)20-2/h15H,3-10H2,1-2H3. The zero-order valence-electron chi connectivity index (χ0n) is 12.4. The second-order valence-corrected chi connectivity index (χ2v) is 6.27. The van der Waals surface area contributed by atoms with Gasteiger partial charge in [-0.3, -0.25) is 0 Å². The summed E-state index contributed by atoms with van der Waals surface area (Å²) in [5.41, 5.74) is 2.63. The molecule has 3 heterocycles. The first-order valence-corrected chi connectivity index (χ1v) is 8.58. The fraction of sp³-hybridized carbons (Fsp3) is 0.714. The number of hydrogen-bond donors (Lipinski definition) is 1. The fourth-order valence-electron chi connectivity index (χ4n) is 2.87. The second kappa shape index (κ2) is 6.28. The maximum atomic E-state index is 4.83. The highest BCUT2D eigenvalue weighted by Crippen LogP contribution is 2.26. The minimum atomic E-state index is 0.916. The molecule has 0 spiro atoms. The molecule has 3 rings (SSSR count). The molecule has 6 heteroatoms. The van der Waals surface area contributed by atoms with Gasteiger partial charge in [0.1, 0.15) is 5.82 Å². The maximum Gasteiger partial charge on any atom is 0.189 e. The predicted molar refractivity (Wildman–Crippen MR) is 83.8 cm³/mol. The molecule has 0 bridgehead atoms. The molecule has 20 heavy (non-hydrogen) atoms. The van der Waals surface area contributed by atoms with Crippen molar-refractivity contribution in [3.8, 4) is 0 Å². The number of aromatic nitrogens is 2. The van der Waals surface area contributed by atoms with Gasteiger partial charge in [-0.05, 0) is 26.3 Å². The average molecular weight is 293 g/mol. The van der Waals surface area contributed by atoms with Crippen molar-refractivity contribution in [1.82, 2.24) is 20.2 Å². The van der Waals surface area contributed by atoms with Gasteiger partial charge in [-0.25, -0.2) is 9.97 Å². The summed E-state index contributed by atoms with van der Waals surface area (Å²) >= 11 is 1.65. The van der Waals surface area contributed by atoms with Crippen molar-refractivity contribution in [3.63, 3.8) is 0 Å². The minimum Gasteiger partial charge on any atom is -0.354 e. The van der Waals surface area contributed by atoms with Crippen molar-refractivity contribution in [1.29, 1.82) is 0 Å². The summed E-state index contributed by atoms with van der Waals surface area (Å²) in [6.07, 6.45) is 4.13. The Labute approximate surface area is 125 Å². The summed E-state index contributed by atoms with van der Waals surface area (Å²) in [7, 11) is 2.19. The Morgan fingerprint density at radius 2 is 1.80 bits per heavy atom. The number of thioether (sulfide) groups is 1. The molecule has 1 aromatic heterocycles. The van der Waals surface area contributed by atoms with E-state index in [-0.39, 0.29) is 0 Å². The van der Waals surface area contributed by atoms with E-state index in [0.717, 1.165) is 57.3 Å². The van der Waals surface area contributed by atoms with E-state index in [2.05, 4.69) is 28.4 Å². The third kappa shape index (κ3) is 2.92. The normalized spacial score (nSPS) is 20.6. The molecule has 2 aliphatic heterocycles. The zero-order chi connectivity index (χ0) is 13.9. The van der Waals surface area contributed by atoms with Crippen LogP contribution in [0.25, 0.3) is 0 Å². The van der Waals surface area contributed by atoms with Gasteiger partial charge in [-0.1, -0.05) is 11.8 Å². The van der Waals surface area contributed by atoms with Crippen molar-refractivity contribution in [2.45, 2.75) is 18.0 Å². The molecule has 0 aliphatic carbocycles. The molecule has 0 unspecified atom stereocenters. The zero-order valence-corrected chi connectivity index (χ0v) is 13.2. The molecule has 1 N–H and O–H groups in total. The van der Waals surface area contributed by atoms with Gasteiger partial charge in [-0.15, -0.1) is 0 Å². The van der Waals surface area contributed by atoms with Gasteiger partial charge in [0.15, 0.2) is 5.16 Å². The van der Waals surface area contributed by atoms with E-state index in [0.29, 0.717) is 0 Å². The number of hydrogen-bond acceptors (Lipinski definition) is 6. The van der Waals surface area contributed by atoms with Crippen LogP contribution >= 0.6 is 11.8 Å².